The van der Waals surface area contributed by atoms with Gasteiger partial charge in [0.1, 0.15) is 0 Å². The number of benzene rings is 7. The van der Waals surface area contributed by atoms with Crippen molar-refractivity contribution < 1.29 is 0 Å². The summed E-state index contributed by atoms with van der Waals surface area (Å²) in [4.78, 5) is 0. The molecule has 0 bridgehead atoms. The van der Waals surface area contributed by atoms with Gasteiger partial charge in [0, 0.05) is 0 Å². The molecule has 0 saturated heterocycles. The highest BCUT2D eigenvalue weighted by Gasteiger charge is 2.31. The summed E-state index contributed by atoms with van der Waals surface area (Å²) < 4.78 is 0. The van der Waals surface area contributed by atoms with E-state index in [0.717, 1.165) is 113 Å². The van der Waals surface area contributed by atoms with E-state index >= 15 is 0 Å². The summed E-state index contributed by atoms with van der Waals surface area (Å²) in [6.45, 7) is 14.2. The number of hydrogen-bond acceptors (Lipinski definition) is 0. The first-order valence-corrected chi connectivity index (χ1v) is 58.9. The molecule has 6 saturated carbocycles. The quantitative estimate of drug-likeness (QED) is 0.0333. The van der Waals surface area contributed by atoms with Gasteiger partial charge in [0.25, 0.3) is 0 Å². The molecule has 6 aliphatic rings. The highest BCUT2D eigenvalue weighted by molar-refractivity contribution is 5.55. The number of unbranched alkanes of at least 4 members (excludes halogenated alkanes) is 24. The molecule has 0 unspecified atom stereocenters. The number of aryl methyl sites for hydroxylation is 6. The zero-order chi connectivity index (χ0) is 91.2. The largest absolute Gasteiger partial charge is 0.0654 e. The molecule has 0 N–H and O–H groups in total. The Bertz CT molecular complexity index is 3410. The summed E-state index contributed by atoms with van der Waals surface area (Å²) in [5.74, 6) is 9.85. The van der Waals surface area contributed by atoms with Gasteiger partial charge in [-0.15, -0.1) is 0 Å². The number of rotatable bonds is 60. The van der Waals surface area contributed by atoms with Crippen LogP contribution in [0.5, 0.6) is 0 Å². The van der Waals surface area contributed by atoms with Gasteiger partial charge in [-0.3, -0.25) is 0 Å². The second kappa shape index (κ2) is 59.7. The van der Waals surface area contributed by atoms with Gasteiger partial charge in [0.15, 0.2) is 0 Å². The van der Waals surface area contributed by atoms with E-state index in [-0.39, 0.29) is 0 Å². The minimum Gasteiger partial charge on any atom is -0.0654 e. The first-order valence-electron chi connectivity index (χ1n) is 58.9. The van der Waals surface area contributed by atoms with E-state index in [1.54, 1.807) is 66.8 Å². The van der Waals surface area contributed by atoms with Crippen molar-refractivity contribution in [3.8, 4) is 0 Å². The molecule has 0 atom stereocenters. The van der Waals surface area contributed by atoms with Crippen LogP contribution in [-0.4, -0.2) is 0 Å². The lowest BCUT2D eigenvalue weighted by Gasteiger charge is -2.30. The van der Waals surface area contributed by atoms with E-state index in [2.05, 4.69) is 187 Å². The summed E-state index contributed by atoms with van der Waals surface area (Å²) in [7, 11) is 0. The Morgan fingerprint density at radius 2 is 0.258 bits per heavy atom. The van der Waals surface area contributed by atoms with Crippen molar-refractivity contribution in [3.05, 3.63) is 246 Å². The molecule has 132 heavy (non-hydrogen) atoms. The fourth-order valence-corrected chi connectivity index (χ4v) is 27.2. The van der Waals surface area contributed by atoms with Crippen LogP contribution in [0.4, 0.5) is 0 Å². The van der Waals surface area contributed by atoms with Gasteiger partial charge in [-0.25, -0.2) is 0 Å². The van der Waals surface area contributed by atoms with Crippen LogP contribution in [-0.2, 0) is 77.0 Å². The lowest BCUT2D eigenvalue weighted by molar-refractivity contribution is 0.302. The molecular weight excluding hydrogens is 1590 g/mol. The first kappa shape index (κ1) is 104. The molecule has 0 spiro atoms. The van der Waals surface area contributed by atoms with Crippen LogP contribution in [0.15, 0.2) is 146 Å². The fourth-order valence-electron chi connectivity index (χ4n) is 27.2. The topological polar surface area (TPSA) is 0 Å². The van der Waals surface area contributed by atoms with E-state index in [1.807, 2.05) is 0 Å². The third kappa shape index (κ3) is 34.6. The van der Waals surface area contributed by atoms with Gasteiger partial charge in [-0.1, -0.05) is 418 Å². The van der Waals surface area contributed by atoms with Crippen molar-refractivity contribution >= 4 is 0 Å². The van der Waals surface area contributed by atoms with Crippen LogP contribution in [0.3, 0.4) is 0 Å². The third-order valence-electron chi connectivity index (χ3n) is 36.3. The first-order chi connectivity index (χ1) is 65.2. The van der Waals surface area contributed by atoms with Crippen molar-refractivity contribution in [2.75, 3.05) is 0 Å². The highest BCUT2D eigenvalue weighted by Crippen LogP contribution is 2.47. The Morgan fingerprint density at radius 3 is 0.379 bits per heavy atom. The Morgan fingerprint density at radius 1 is 0.136 bits per heavy atom. The lowest BCUT2D eigenvalue weighted by atomic mass is 9.75. The molecule has 0 amide bonds. The van der Waals surface area contributed by atoms with Crippen LogP contribution in [0.1, 0.15) is 562 Å². The molecule has 6 fully saturated rings. The van der Waals surface area contributed by atoms with Crippen molar-refractivity contribution in [2.24, 2.45) is 35.5 Å². The van der Waals surface area contributed by atoms with Crippen LogP contribution in [0, 0.1) is 35.5 Å². The van der Waals surface area contributed by atoms with Gasteiger partial charge < -0.3 is 0 Å². The Kier molecular flexibility index (Phi) is 47.0. The molecule has 0 aromatic heterocycles. The van der Waals surface area contributed by atoms with Gasteiger partial charge in [-0.2, -0.15) is 0 Å². The van der Waals surface area contributed by atoms with E-state index in [9.17, 15) is 0 Å². The van der Waals surface area contributed by atoms with Crippen LogP contribution in [0.25, 0.3) is 0 Å². The summed E-state index contributed by atoms with van der Waals surface area (Å²) in [5, 5.41) is 0. The van der Waals surface area contributed by atoms with Crippen molar-refractivity contribution in [2.45, 2.75) is 539 Å². The average molecular weight is 1790 g/mol. The molecule has 0 aliphatic heterocycles. The fraction of sp³-hybridized carbons (Fsp3) is 0.682. The van der Waals surface area contributed by atoms with E-state index < -0.39 is 0 Å². The molecule has 0 nitrogen and oxygen atoms in total. The maximum absolute atomic E-state index is 2.62. The van der Waals surface area contributed by atoms with Crippen molar-refractivity contribution in [1.29, 1.82) is 0 Å². The maximum Gasteiger partial charge on any atom is -0.0162 e. The molecular formula is C132H198. The average Bonchev–Trinajstić information content (AvgIpc) is 0.758. The molecule has 0 heteroatoms. The molecule has 6 aliphatic carbocycles. The molecule has 726 valence electrons. The standard InChI is InChI=1S/C132H198/c1-7-13-19-25-31-37-103-43-73-115(74-44-103)121-85-55-109(56-86-121)67-97-127-128(98-68-110-57-87-122(88-58-110)116-75-45-104(46-76-116)38-32-26-20-14-8-2)130(100-70-112-61-91-124(92-62-112)118-79-49-106(50-80-118)40-34-28-22-16-10-4)132(102-72-114-65-95-126(96-66-114)120-83-53-108(54-84-120)42-36-30-24-18-12-6)131(101-71-113-63-93-125(94-64-113)119-81-51-107(52-82-119)41-35-29-23-17-11-5)129(127)99-69-111-59-89-123(90-60-111)117-77-47-105(48-78-117)39-33-27-21-15-9-3/h55-66,85-96,103-108,115-120H,7-54,67-84,97-102H2,1-6H3/t103-,104-,105-,106-,107-,108-,115-,116-,117-,118-,119-,120-. The molecule has 7 aromatic rings. The minimum absolute atomic E-state index is 0.707. The van der Waals surface area contributed by atoms with Crippen molar-refractivity contribution in [3.63, 3.8) is 0 Å². The van der Waals surface area contributed by atoms with Gasteiger partial charge in [0.2, 0.25) is 0 Å². The number of hydrogen-bond donors (Lipinski definition) is 0. The van der Waals surface area contributed by atoms with E-state index in [1.165, 1.54) is 419 Å². The monoisotopic (exact) mass is 1780 g/mol. The summed E-state index contributed by atoms with van der Waals surface area (Å²) in [5.41, 5.74) is 29.4. The van der Waals surface area contributed by atoms with E-state index in [0.29, 0.717) is 35.5 Å². The van der Waals surface area contributed by atoms with Crippen LogP contribution < -0.4 is 0 Å². The van der Waals surface area contributed by atoms with Gasteiger partial charge in [0.05, 0.1) is 0 Å². The zero-order valence-corrected chi connectivity index (χ0v) is 86.7. The lowest BCUT2D eigenvalue weighted by Crippen LogP contribution is -2.18. The van der Waals surface area contributed by atoms with Gasteiger partial charge in [-0.05, 0) is 402 Å². The third-order valence-corrected chi connectivity index (χ3v) is 36.3. The second-order valence-corrected chi connectivity index (χ2v) is 45.8. The molecule has 0 radical (unpaired) electrons. The summed E-state index contributed by atoms with van der Waals surface area (Å²) in [6, 6.07) is 62.9. The van der Waals surface area contributed by atoms with E-state index in [4.69, 9.17) is 0 Å². The predicted octanol–water partition coefficient (Wildman–Crippen LogP) is 40.2. The molecule has 0 heterocycles. The minimum atomic E-state index is 0.707. The van der Waals surface area contributed by atoms with Gasteiger partial charge >= 0.3 is 0 Å². The molecule has 7 aromatic carbocycles. The van der Waals surface area contributed by atoms with Crippen LogP contribution in [0.2, 0.25) is 0 Å². The normalized spacial score (nSPS) is 22.6. The Labute approximate surface area is 815 Å². The smallest absolute Gasteiger partial charge is 0.0162 e. The SMILES string of the molecule is CCCCCCC[C@H]1CC[C@H](c2ccc(CCc3c(CCc4ccc([C@H]5CC[C@H](CCCCCCC)CC5)cc4)c(CCc4ccc([C@H]5CC[C@H](CCCCCCC)CC5)cc4)c(CCc4ccc([C@H]5CC[C@H](CCCCCCC)CC5)cc4)c(CCc4ccc([C@H]5CC[C@H](CCCCCCC)CC5)cc4)c3CCc3ccc([C@H]4CC[C@H](CCCCCCC)CC4)cc3)cc2)CC1. The summed E-state index contributed by atoms with van der Waals surface area (Å²) in [6.07, 6.45) is 97.7. The zero-order valence-electron chi connectivity index (χ0n) is 86.7. The van der Waals surface area contributed by atoms with Crippen molar-refractivity contribution in [1.82, 2.24) is 0 Å². The predicted molar refractivity (Wildman–Crippen MR) is 578 cm³/mol. The maximum atomic E-state index is 2.62. The second-order valence-electron chi connectivity index (χ2n) is 45.8. The molecule has 13 rings (SSSR count). The summed E-state index contributed by atoms with van der Waals surface area (Å²) >= 11 is 0. The Balaban J connectivity index is 0.870. The Hall–Kier alpha value is -5.46. The van der Waals surface area contributed by atoms with Crippen LogP contribution >= 0.6 is 0 Å². The highest BCUT2D eigenvalue weighted by atomic mass is 14.4.